The molecule has 0 aromatic rings. The van der Waals surface area contributed by atoms with Crippen molar-refractivity contribution in [2.45, 2.75) is 52.9 Å². The van der Waals surface area contributed by atoms with E-state index in [2.05, 4.69) is 26.1 Å². The molecule has 0 radical (unpaired) electrons. The number of hydrogen-bond donors (Lipinski definition) is 1. The SMILES string of the molecule is CC1CC(C2CCCNC2)CC(C)(C)C1. The van der Waals surface area contributed by atoms with Gasteiger partial charge in [-0.25, -0.2) is 0 Å². The van der Waals surface area contributed by atoms with E-state index in [1.165, 1.54) is 45.2 Å². The van der Waals surface area contributed by atoms with Gasteiger partial charge in [-0.05, 0) is 68.4 Å². The molecule has 0 amide bonds. The molecule has 1 aliphatic heterocycles. The summed E-state index contributed by atoms with van der Waals surface area (Å²) in [5.74, 6) is 2.91. The molecule has 2 rings (SSSR count). The van der Waals surface area contributed by atoms with E-state index in [1.54, 1.807) is 0 Å². The maximum Gasteiger partial charge on any atom is -0.00179 e. The molecule has 1 nitrogen and oxygen atoms in total. The Balaban J connectivity index is 1.95. The lowest BCUT2D eigenvalue weighted by molar-refractivity contribution is 0.0842. The van der Waals surface area contributed by atoms with E-state index in [0.717, 1.165) is 17.8 Å². The van der Waals surface area contributed by atoms with Crippen LogP contribution in [0.4, 0.5) is 0 Å². The Morgan fingerprint density at radius 3 is 2.53 bits per heavy atom. The summed E-state index contributed by atoms with van der Waals surface area (Å²) in [6, 6.07) is 0. The van der Waals surface area contributed by atoms with Crippen molar-refractivity contribution in [1.82, 2.24) is 5.32 Å². The van der Waals surface area contributed by atoms with Crippen LogP contribution in [-0.4, -0.2) is 13.1 Å². The predicted molar refractivity (Wildman–Crippen MR) is 65.9 cm³/mol. The van der Waals surface area contributed by atoms with Gasteiger partial charge in [-0.3, -0.25) is 0 Å². The van der Waals surface area contributed by atoms with Gasteiger partial charge in [0.2, 0.25) is 0 Å². The first kappa shape index (κ1) is 11.4. The normalized spacial score (nSPS) is 41.4. The summed E-state index contributed by atoms with van der Waals surface area (Å²) in [4.78, 5) is 0. The van der Waals surface area contributed by atoms with Gasteiger partial charge in [0, 0.05) is 0 Å². The van der Waals surface area contributed by atoms with Crippen LogP contribution in [0, 0.1) is 23.2 Å². The minimum absolute atomic E-state index is 0.597. The van der Waals surface area contributed by atoms with Gasteiger partial charge < -0.3 is 5.32 Å². The van der Waals surface area contributed by atoms with Crippen LogP contribution in [-0.2, 0) is 0 Å². The van der Waals surface area contributed by atoms with Gasteiger partial charge >= 0.3 is 0 Å². The van der Waals surface area contributed by atoms with Crippen LogP contribution < -0.4 is 5.32 Å². The molecule has 15 heavy (non-hydrogen) atoms. The minimum atomic E-state index is 0.597. The fourth-order valence-corrected chi connectivity index (χ4v) is 4.06. The minimum Gasteiger partial charge on any atom is -0.316 e. The van der Waals surface area contributed by atoms with Crippen molar-refractivity contribution < 1.29 is 0 Å². The number of piperidine rings is 1. The Kier molecular flexibility index (Phi) is 3.39. The largest absolute Gasteiger partial charge is 0.316 e. The zero-order valence-electron chi connectivity index (χ0n) is 10.7. The van der Waals surface area contributed by atoms with Crippen molar-refractivity contribution >= 4 is 0 Å². The molecule has 1 saturated carbocycles. The third-order valence-corrected chi connectivity index (χ3v) is 4.42. The molecule has 2 fully saturated rings. The smallest absolute Gasteiger partial charge is 0.00179 e. The van der Waals surface area contributed by atoms with Crippen LogP contribution >= 0.6 is 0 Å². The van der Waals surface area contributed by atoms with Gasteiger partial charge in [-0.15, -0.1) is 0 Å². The van der Waals surface area contributed by atoms with Gasteiger partial charge in [-0.2, -0.15) is 0 Å². The third kappa shape index (κ3) is 2.96. The van der Waals surface area contributed by atoms with E-state index >= 15 is 0 Å². The zero-order chi connectivity index (χ0) is 10.9. The van der Waals surface area contributed by atoms with Gasteiger partial charge in [0.15, 0.2) is 0 Å². The Labute approximate surface area is 95.0 Å². The van der Waals surface area contributed by atoms with Crippen LogP contribution in [0.3, 0.4) is 0 Å². The van der Waals surface area contributed by atoms with Crippen molar-refractivity contribution in [2.75, 3.05) is 13.1 Å². The standard InChI is InChI=1S/C14H27N/c1-11-7-13(9-14(2,3)8-11)12-5-4-6-15-10-12/h11-13,15H,4-10H2,1-3H3. The number of nitrogens with one attached hydrogen (secondary N) is 1. The Morgan fingerprint density at radius 1 is 1.13 bits per heavy atom. The molecule has 0 aromatic carbocycles. The molecule has 1 aliphatic carbocycles. The summed E-state index contributed by atoms with van der Waals surface area (Å²) in [7, 11) is 0. The average Bonchev–Trinajstić information content (AvgIpc) is 2.16. The van der Waals surface area contributed by atoms with Crippen molar-refractivity contribution in [3.63, 3.8) is 0 Å². The highest BCUT2D eigenvalue weighted by Crippen LogP contribution is 2.45. The maximum atomic E-state index is 3.57. The number of rotatable bonds is 1. The van der Waals surface area contributed by atoms with E-state index in [0.29, 0.717) is 5.41 Å². The van der Waals surface area contributed by atoms with Gasteiger partial charge in [-0.1, -0.05) is 20.8 Å². The van der Waals surface area contributed by atoms with Crippen molar-refractivity contribution in [2.24, 2.45) is 23.2 Å². The highest BCUT2D eigenvalue weighted by Gasteiger charge is 2.35. The quantitative estimate of drug-likeness (QED) is 0.697. The number of hydrogen-bond acceptors (Lipinski definition) is 1. The zero-order valence-corrected chi connectivity index (χ0v) is 10.7. The molecule has 1 heterocycles. The summed E-state index contributed by atoms with van der Waals surface area (Å²) in [5.41, 5.74) is 0.597. The van der Waals surface area contributed by atoms with E-state index < -0.39 is 0 Å². The van der Waals surface area contributed by atoms with E-state index in [9.17, 15) is 0 Å². The molecule has 1 N–H and O–H groups in total. The average molecular weight is 209 g/mol. The molecule has 1 saturated heterocycles. The first-order chi connectivity index (χ1) is 7.07. The highest BCUT2D eigenvalue weighted by molar-refractivity contribution is 4.87. The van der Waals surface area contributed by atoms with Gasteiger partial charge in [0.1, 0.15) is 0 Å². The lowest BCUT2D eigenvalue weighted by atomic mass is 9.64. The van der Waals surface area contributed by atoms with Crippen LogP contribution in [0.2, 0.25) is 0 Å². The second-order valence-electron chi connectivity index (χ2n) is 6.78. The van der Waals surface area contributed by atoms with Crippen molar-refractivity contribution in [1.29, 1.82) is 0 Å². The van der Waals surface area contributed by atoms with E-state index in [1.807, 2.05) is 0 Å². The first-order valence-electron chi connectivity index (χ1n) is 6.77. The van der Waals surface area contributed by atoms with Crippen LogP contribution in [0.5, 0.6) is 0 Å². The highest BCUT2D eigenvalue weighted by atomic mass is 14.9. The summed E-state index contributed by atoms with van der Waals surface area (Å²) in [5, 5.41) is 3.57. The molecule has 0 aromatic heterocycles. The van der Waals surface area contributed by atoms with Crippen LogP contribution in [0.15, 0.2) is 0 Å². The topological polar surface area (TPSA) is 12.0 Å². The summed E-state index contributed by atoms with van der Waals surface area (Å²) in [6.45, 7) is 9.91. The fourth-order valence-electron chi connectivity index (χ4n) is 4.06. The lowest BCUT2D eigenvalue weighted by Gasteiger charge is -2.43. The van der Waals surface area contributed by atoms with Crippen LogP contribution in [0.1, 0.15) is 52.9 Å². The molecule has 88 valence electrons. The molecule has 0 bridgehead atoms. The first-order valence-corrected chi connectivity index (χ1v) is 6.77. The molecule has 3 unspecified atom stereocenters. The molecule has 3 atom stereocenters. The van der Waals surface area contributed by atoms with Gasteiger partial charge in [0.05, 0.1) is 0 Å². The second kappa shape index (κ2) is 4.45. The Morgan fingerprint density at radius 2 is 1.93 bits per heavy atom. The molecule has 1 heteroatoms. The predicted octanol–water partition coefficient (Wildman–Crippen LogP) is 3.45. The van der Waals surface area contributed by atoms with Crippen LogP contribution in [0.25, 0.3) is 0 Å². The Bertz CT molecular complexity index is 203. The molecule has 0 spiro atoms. The summed E-state index contributed by atoms with van der Waals surface area (Å²) >= 11 is 0. The summed E-state index contributed by atoms with van der Waals surface area (Å²) < 4.78 is 0. The monoisotopic (exact) mass is 209 g/mol. The second-order valence-corrected chi connectivity index (χ2v) is 6.78. The summed E-state index contributed by atoms with van der Waals surface area (Å²) in [6.07, 6.45) is 7.25. The third-order valence-electron chi connectivity index (χ3n) is 4.42. The molecule has 2 aliphatic rings. The lowest BCUT2D eigenvalue weighted by Crippen LogP contribution is -2.39. The van der Waals surface area contributed by atoms with Gasteiger partial charge in [0.25, 0.3) is 0 Å². The fraction of sp³-hybridized carbons (Fsp3) is 1.00. The molecular formula is C14H27N. The Hall–Kier alpha value is -0.0400. The van der Waals surface area contributed by atoms with Crippen molar-refractivity contribution in [3.8, 4) is 0 Å². The van der Waals surface area contributed by atoms with E-state index in [-0.39, 0.29) is 0 Å². The molecular weight excluding hydrogens is 182 g/mol. The van der Waals surface area contributed by atoms with E-state index in [4.69, 9.17) is 0 Å². The van der Waals surface area contributed by atoms with Crippen molar-refractivity contribution in [3.05, 3.63) is 0 Å². The maximum absolute atomic E-state index is 3.57.